The predicted molar refractivity (Wildman–Crippen MR) is 87.2 cm³/mol. The number of carbonyl (C=O) groups is 1. The van der Waals surface area contributed by atoms with Gasteiger partial charge in [0.15, 0.2) is 5.82 Å². The van der Waals surface area contributed by atoms with E-state index >= 15 is 0 Å². The molecule has 1 unspecified atom stereocenters. The number of nitrogens with zero attached hydrogens (tertiary/aromatic N) is 3. The molecule has 1 amide bonds. The molecule has 1 N–H and O–H groups in total. The highest BCUT2D eigenvalue weighted by Gasteiger charge is 2.30. The van der Waals surface area contributed by atoms with Crippen molar-refractivity contribution in [3.63, 3.8) is 0 Å². The largest absolute Gasteiger partial charge is 0.441 e. The lowest BCUT2D eigenvalue weighted by molar-refractivity contribution is 0.108. The van der Waals surface area contributed by atoms with Gasteiger partial charge in [0.1, 0.15) is 11.8 Å². The van der Waals surface area contributed by atoms with E-state index in [1.54, 1.807) is 11.1 Å². The van der Waals surface area contributed by atoms with Crippen molar-refractivity contribution in [3.8, 4) is 11.5 Å². The maximum atomic E-state index is 12.0. The number of hydrogen-bond donors (Lipinski definition) is 1. The minimum Gasteiger partial charge on any atom is -0.441 e. The van der Waals surface area contributed by atoms with Crippen LogP contribution in [0.5, 0.6) is 0 Å². The summed E-state index contributed by atoms with van der Waals surface area (Å²) in [7, 11) is 0. The Bertz CT molecular complexity index is 888. The predicted octanol–water partition coefficient (Wildman–Crippen LogP) is 3.66. The fourth-order valence-electron chi connectivity index (χ4n) is 2.92. The Morgan fingerprint density at radius 2 is 2.22 bits per heavy atom. The van der Waals surface area contributed by atoms with Gasteiger partial charge in [-0.3, -0.25) is 9.88 Å². The van der Waals surface area contributed by atoms with E-state index in [1.807, 2.05) is 44.2 Å². The Labute approximate surface area is 133 Å². The van der Waals surface area contributed by atoms with Crippen LogP contribution in [-0.2, 0) is 4.74 Å². The molecule has 0 saturated heterocycles. The smallest absolute Gasteiger partial charge is 0.414 e. The number of carbonyl (C=O) groups excluding carboxylic acids is 1. The number of amides is 1. The second-order valence-corrected chi connectivity index (χ2v) is 5.50. The van der Waals surface area contributed by atoms with Gasteiger partial charge in [0.05, 0.1) is 16.7 Å². The van der Waals surface area contributed by atoms with E-state index in [0.29, 0.717) is 12.4 Å². The SMILES string of the molecule is CCN1C(=O)OC(C)c2cc3[nH]c(-c4ccccn4)nc3cc21. The van der Waals surface area contributed by atoms with E-state index < -0.39 is 0 Å². The molecular formula is C17H16N4O2. The number of cyclic esters (lactones) is 1. The van der Waals surface area contributed by atoms with Crippen molar-refractivity contribution < 1.29 is 9.53 Å². The average molecular weight is 308 g/mol. The van der Waals surface area contributed by atoms with Crippen molar-refractivity contribution in [3.05, 3.63) is 42.1 Å². The summed E-state index contributed by atoms with van der Waals surface area (Å²) in [6, 6.07) is 9.64. The van der Waals surface area contributed by atoms with Crippen LogP contribution in [0.1, 0.15) is 25.5 Å². The van der Waals surface area contributed by atoms with Gasteiger partial charge in [0, 0.05) is 18.3 Å². The lowest BCUT2D eigenvalue weighted by Gasteiger charge is -2.31. The van der Waals surface area contributed by atoms with E-state index in [9.17, 15) is 4.79 Å². The number of anilines is 1. The lowest BCUT2D eigenvalue weighted by Crippen LogP contribution is -2.36. The van der Waals surface area contributed by atoms with Gasteiger partial charge in [-0.15, -0.1) is 0 Å². The van der Waals surface area contributed by atoms with E-state index in [-0.39, 0.29) is 12.2 Å². The molecule has 1 aromatic carbocycles. The molecule has 2 aromatic heterocycles. The number of rotatable bonds is 2. The number of aromatic nitrogens is 3. The summed E-state index contributed by atoms with van der Waals surface area (Å²) in [4.78, 5) is 25.9. The van der Waals surface area contributed by atoms with Gasteiger partial charge in [0.2, 0.25) is 0 Å². The van der Waals surface area contributed by atoms with Crippen LogP contribution in [0.3, 0.4) is 0 Å². The van der Waals surface area contributed by atoms with Gasteiger partial charge in [-0.25, -0.2) is 9.78 Å². The third kappa shape index (κ3) is 2.14. The number of fused-ring (bicyclic) bond motifs is 2. The first-order valence-corrected chi connectivity index (χ1v) is 7.60. The van der Waals surface area contributed by atoms with Crippen LogP contribution >= 0.6 is 0 Å². The monoisotopic (exact) mass is 308 g/mol. The normalized spacial score (nSPS) is 17.2. The number of nitrogens with one attached hydrogen (secondary N) is 1. The standard InChI is InChI=1S/C17H16N4O2/c1-3-21-15-9-14-13(8-11(15)10(2)23-17(21)22)19-16(20-14)12-6-4-5-7-18-12/h4-10H,3H2,1-2H3,(H,19,20). The highest BCUT2D eigenvalue weighted by Crippen LogP contribution is 2.37. The molecule has 0 radical (unpaired) electrons. The van der Waals surface area contributed by atoms with Crippen LogP contribution in [0, 0.1) is 0 Å². The number of ether oxygens (including phenoxy) is 1. The van der Waals surface area contributed by atoms with Crippen molar-refractivity contribution in [2.75, 3.05) is 11.4 Å². The van der Waals surface area contributed by atoms with Gasteiger partial charge >= 0.3 is 6.09 Å². The second kappa shape index (κ2) is 5.08. The summed E-state index contributed by atoms with van der Waals surface area (Å²) in [5, 5.41) is 0. The van der Waals surface area contributed by atoms with Crippen molar-refractivity contribution in [2.24, 2.45) is 0 Å². The molecule has 1 aliphatic rings. The molecule has 0 fully saturated rings. The Kier molecular flexibility index (Phi) is 3.04. The molecule has 6 heteroatoms. The molecule has 0 spiro atoms. The quantitative estimate of drug-likeness (QED) is 0.784. The Balaban J connectivity index is 1.89. The Morgan fingerprint density at radius 3 is 2.96 bits per heavy atom. The highest BCUT2D eigenvalue weighted by molar-refractivity contribution is 5.95. The number of H-pyrrole nitrogens is 1. The molecule has 23 heavy (non-hydrogen) atoms. The number of benzene rings is 1. The van der Waals surface area contributed by atoms with Crippen LogP contribution in [0.25, 0.3) is 22.6 Å². The summed E-state index contributed by atoms with van der Waals surface area (Å²) >= 11 is 0. The van der Waals surface area contributed by atoms with Gasteiger partial charge in [-0.05, 0) is 38.1 Å². The highest BCUT2D eigenvalue weighted by atomic mass is 16.6. The fourth-order valence-corrected chi connectivity index (χ4v) is 2.92. The summed E-state index contributed by atoms with van der Waals surface area (Å²) in [6.07, 6.45) is 1.15. The van der Waals surface area contributed by atoms with E-state index in [2.05, 4.69) is 15.0 Å². The lowest BCUT2D eigenvalue weighted by atomic mass is 10.0. The minimum absolute atomic E-state index is 0.272. The number of imidazole rings is 1. The van der Waals surface area contributed by atoms with Gasteiger partial charge in [-0.1, -0.05) is 6.07 Å². The maximum absolute atomic E-state index is 12.0. The third-order valence-corrected chi connectivity index (χ3v) is 4.08. The zero-order valence-electron chi connectivity index (χ0n) is 12.9. The van der Waals surface area contributed by atoms with E-state index in [0.717, 1.165) is 28.0 Å². The first kappa shape index (κ1) is 13.8. The van der Waals surface area contributed by atoms with Crippen LogP contribution in [0.15, 0.2) is 36.5 Å². The van der Waals surface area contributed by atoms with Crippen molar-refractivity contribution in [2.45, 2.75) is 20.0 Å². The Hall–Kier alpha value is -2.89. The first-order chi connectivity index (χ1) is 11.2. The van der Waals surface area contributed by atoms with Gasteiger partial charge in [0.25, 0.3) is 0 Å². The fraction of sp³-hybridized carbons (Fsp3) is 0.235. The Morgan fingerprint density at radius 1 is 1.35 bits per heavy atom. The molecule has 0 saturated carbocycles. The van der Waals surface area contributed by atoms with Crippen LogP contribution in [-0.4, -0.2) is 27.6 Å². The summed E-state index contributed by atoms with van der Waals surface area (Å²) in [6.45, 7) is 4.36. The molecule has 6 nitrogen and oxygen atoms in total. The van der Waals surface area contributed by atoms with Gasteiger partial charge < -0.3 is 9.72 Å². The second-order valence-electron chi connectivity index (χ2n) is 5.50. The summed E-state index contributed by atoms with van der Waals surface area (Å²) in [5.74, 6) is 0.714. The van der Waals surface area contributed by atoms with Crippen molar-refractivity contribution in [1.29, 1.82) is 0 Å². The molecule has 0 aliphatic carbocycles. The average Bonchev–Trinajstić information content (AvgIpc) is 2.98. The number of pyridine rings is 1. The molecule has 3 heterocycles. The first-order valence-electron chi connectivity index (χ1n) is 7.60. The van der Waals surface area contributed by atoms with Crippen LogP contribution in [0.2, 0.25) is 0 Å². The summed E-state index contributed by atoms with van der Waals surface area (Å²) < 4.78 is 5.40. The van der Waals surface area contributed by atoms with Crippen LogP contribution in [0.4, 0.5) is 10.5 Å². The minimum atomic E-state index is -0.313. The zero-order chi connectivity index (χ0) is 16.0. The molecule has 0 bridgehead atoms. The topological polar surface area (TPSA) is 71.1 Å². The third-order valence-electron chi connectivity index (χ3n) is 4.08. The molecule has 116 valence electrons. The van der Waals surface area contributed by atoms with E-state index in [4.69, 9.17) is 4.74 Å². The van der Waals surface area contributed by atoms with E-state index in [1.165, 1.54) is 0 Å². The van der Waals surface area contributed by atoms with Crippen LogP contribution < -0.4 is 4.90 Å². The van der Waals surface area contributed by atoms with Crippen molar-refractivity contribution in [1.82, 2.24) is 15.0 Å². The van der Waals surface area contributed by atoms with Gasteiger partial charge in [-0.2, -0.15) is 0 Å². The number of aromatic amines is 1. The molecule has 1 aliphatic heterocycles. The maximum Gasteiger partial charge on any atom is 0.414 e. The molecule has 1 atom stereocenters. The van der Waals surface area contributed by atoms with Crippen molar-refractivity contribution >= 4 is 22.8 Å². The molecular weight excluding hydrogens is 292 g/mol. The summed E-state index contributed by atoms with van der Waals surface area (Å²) in [5.41, 5.74) is 4.35. The zero-order valence-corrected chi connectivity index (χ0v) is 12.9. The number of hydrogen-bond acceptors (Lipinski definition) is 4. The molecule has 3 aromatic rings. The molecule has 4 rings (SSSR count).